The molecule has 0 saturated carbocycles. The summed E-state index contributed by atoms with van der Waals surface area (Å²) in [5, 5.41) is 2.98. The zero-order valence-corrected chi connectivity index (χ0v) is 11.1. The van der Waals surface area contributed by atoms with Crippen LogP contribution in [0.3, 0.4) is 0 Å². The zero-order chi connectivity index (χ0) is 13.7. The fourth-order valence-corrected chi connectivity index (χ4v) is 1.81. The fraction of sp³-hybridized carbons (Fsp3) is 0.583. The Bertz CT molecular complexity index is 417. The van der Waals surface area contributed by atoms with Crippen LogP contribution in [0.5, 0.6) is 5.75 Å². The van der Waals surface area contributed by atoms with Gasteiger partial charge in [0.1, 0.15) is 6.04 Å². The van der Waals surface area contributed by atoms with Crippen molar-refractivity contribution in [3.05, 3.63) is 12.4 Å². The average Bonchev–Trinajstić information content (AvgIpc) is 2.48. The van der Waals surface area contributed by atoms with Crippen molar-refractivity contribution in [3.8, 4) is 5.75 Å². The number of methoxy groups -OCH3 is 1. The molecule has 7 heteroatoms. The van der Waals surface area contributed by atoms with Crippen molar-refractivity contribution >= 4 is 11.9 Å². The van der Waals surface area contributed by atoms with Gasteiger partial charge in [0, 0.05) is 13.1 Å². The summed E-state index contributed by atoms with van der Waals surface area (Å²) < 4.78 is 10.2. The number of aromatic nitrogens is 2. The summed E-state index contributed by atoms with van der Waals surface area (Å²) >= 11 is 0. The van der Waals surface area contributed by atoms with E-state index in [0.29, 0.717) is 38.0 Å². The molecule has 1 unspecified atom stereocenters. The third-order valence-corrected chi connectivity index (χ3v) is 2.90. The Morgan fingerprint density at radius 3 is 2.63 bits per heavy atom. The third-order valence-electron chi connectivity index (χ3n) is 2.90. The summed E-state index contributed by atoms with van der Waals surface area (Å²) in [5.41, 5.74) is 0. The van der Waals surface area contributed by atoms with E-state index in [1.807, 2.05) is 0 Å². The van der Waals surface area contributed by atoms with Gasteiger partial charge < -0.3 is 19.7 Å². The Hall–Kier alpha value is -1.89. The lowest BCUT2D eigenvalue weighted by molar-refractivity contribution is -0.135. The topological polar surface area (TPSA) is 76.6 Å². The van der Waals surface area contributed by atoms with Gasteiger partial charge in [-0.1, -0.05) is 0 Å². The predicted octanol–water partition coefficient (Wildman–Crippen LogP) is 0.144. The minimum absolute atomic E-state index is 0.0303. The summed E-state index contributed by atoms with van der Waals surface area (Å²) in [4.78, 5) is 22.1. The van der Waals surface area contributed by atoms with Crippen LogP contribution in [-0.2, 0) is 9.53 Å². The second-order valence-corrected chi connectivity index (χ2v) is 4.25. The van der Waals surface area contributed by atoms with E-state index in [1.54, 1.807) is 31.3 Å². The van der Waals surface area contributed by atoms with Gasteiger partial charge in [-0.05, 0) is 6.92 Å². The van der Waals surface area contributed by atoms with Crippen LogP contribution in [0.1, 0.15) is 6.92 Å². The Balaban J connectivity index is 1.91. The zero-order valence-electron chi connectivity index (χ0n) is 11.1. The fourth-order valence-electron chi connectivity index (χ4n) is 1.81. The van der Waals surface area contributed by atoms with E-state index in [0.717, 1.165) is 0 Å². The van der Waals surface area contributed by atoms with Crippen LogP contribution in [-0.4, -0.2) is 60.2 Å². The third kappa shape index (κ3) is 3.54. The molecule has 0 spiro atoms. The van der Waals surface area contributed by atoms with Crippen LogP contribution in [0.4, 0.5) is 5.95 Å². The van der Waals surface area contributed by atoms with Crippen molar-refractivity contribution in [1.29, 1.82) is 0 Å². The summed E-state index contributed by atoms with van der Waals surface area (Å²) in [6.45, 7) is 4.25. The van der Waals surface area contributed by atoms with Crippen molar-refractivity contribution < 1.29 is 14.3 Å². The maximum atomic E-state index is 12.2. The maximum absolute atomic E-state index is 12.2. The van der Waals surface area contributed by atoms with Gasteiger partial charge in [-0.25, -0.2) is 9.97 Å². The number of nitrogens with zero attached hydrogens (tertiary/aromatic N) is 3. The van der Waals surface area contributed by atoms with Crippen molar-refractivity contribution in [2.24, 2.45) is 0 Å². The first-order chi connectivity index (χ1) is 9.20. The average molecular weight is 266 g/mol. The van der Waals surface area contributed by atoms with E-state index in [-0.39, 0.29) is 11.9 Å². The first-order valence-electron chi connectivity index (χ1n) is 6.20. The maximum Gasteiger partial charge on any atom is 0.245 e. The van der Waals surface area contributed by atoms with Crippen molar-refractivity contribution in [1.82, 2.24) is 14.9 Å². The van der Waals surface area contributed by atoms with E-state index in [9.17, 15) is 4.79 Å². The van der Waals surface area contributed by atoms with Gasteiger partial charge in [-0.3, -0.25) is 4.79 Å². The number of hydrogen-bond donors (Lipinski definition) is 1. The molecule has 1 aromatic heterocycles. The number of amides is 1. The first-order valence-corrected chi connectivity index (χ1v) is 6.20. The number of nitrogens with one attached hydrogen (secondary N) is 1. The Labute approximate surface area is 111 Å². The lowest BCUT2D eigenvalue weighted by Crippen LogP contribution is -2.47. The molecule has 1 amide bonds. The number of hydrogen-bond acceptors (Lipinski definition) is 6. The van der Waals surface area contributed by atoms with Gasteiger partial charge in [-0.2, -0.15) is 0 Å². The Morgan fingerprint density at radius 1 is 1.42 bits per heavy atom. The summed E-state index contributed by atoms with van der Waals surface area (Å²) in [7, 11) is 1.55. The molecule has 1 atom stereocenters. The predicted molar refractivity (Wildman–Crippen MR) is 69.1 cm³/mol. The number of rotatable bonds is 4. The van der Waals surface area contributed by atoms with Crippen LogP contribution >= 0.6 is 0 Å². The molecule has 2 rings (SSSR count). The number of anilines is 1. The molecular formula is C12H18N4O3. The highest BCUT2D eigenvalue weighted by atomic mass is 16.5. The van der Waals surface area contributed by atoms with E-state index in [1.165, 1.54) is 0 Å². The Morgan fingerprint density at radius 2 is 2.05 bits per heavy atom. The highest BCUT2D eigenvalue weighted by Crippen LogP contribution is 2.09. The largest absolute Gasteiger partial charge is 0.494 e. The first kappa shape index (κ1) is 13.5. The normalized spacial score (nSPS) is 16.8. The van der Waals surface area contributed by atoms with E-state index in [4.69, 9.17) is 9.47 Å². The lowest BCUT2D eigenvalue weighted by atomic mass is 10.2. The van der Waals surface area contributed by atoms with E-state index < -0.39 is 0 Å². The van der Waals surface area contributed by atoms with Crippen LogP contribution in [0, 0.1) is 0 Å². The van der Waals surface area contributed by atoms with Gasteiger partial charge in [0.15, 0.2) is 5.75 Å². The number of carbonyl (C=O) groups excluding carboxylic acids is 1. The minimum Gasteiger partial charge on any atom is -0.494 e. The van der Waals surface area contributed by atoms with Gasteiger partial charge in [0.05, 0.1) is 32.7 Å². The molecule has 0 aliphatic carbocycles. The summed E-state index contributed by atoms with van der Waals surface area (Å²) in [5.74, 6) is 1.02. The number of morpholine rings is 1. The van der Waals surface area contributed by atoms with E-state index in [2.05, 4.69) is 15.3 Å². The molecule has 104 valence electrons. The SMILES string of the molecule is COc1cnc(NC(C)C(=O)N2CCOCC2)nc1. The second-order valence-electron chi connectivity index (χ2n) is 4.25. The van der Waals surface area contributed by atoms with Crippen LogP contribution in [0.25, 0.3) is 0 Å². The van der Waals surface area contributed by atoms with Crippen molar-refractivity contribution in [3.63, 3.8) is 0 Å². The molecule has 1 aliphatic heterocycles. The minimum atomic E-state index is -0.369. The molecule has 1 aliphatic rings. The Kier molecular flexibility index (Phi) is 4.51. The summed E-state index contributed by atoms with van der Waals surface area (Å²) in [6.07, 6.45) is 3.11. The molecule has 19 heavy (non-hydrogen) atoms. The smallest absolute Gasteiger partial charge is 0.245 e. The molecule has 7 nitrogen and oxygen atoms in total. The van der Waals surface area contributed by atoms with E-state index >= 15 is 0 Å². The lowest BCUT2D eigenvalue weighted by Gasteiger charge is -2.29. The van der Waals surface area contributed by atoms with Crippen molar-refractivity contribution in [2.75, 3.05) is 38.7 Å². The molecule has 2 heterocycles. The van der Waals surface area contributed by atoms with Gasteiger partial charge in [0.2, 0.25) is 11.9 Å². The molecule has 1 aromatic rings. The number of ether oxygens (including phenoxy) is 2. The molecule has 0 bridgehead atoms. The van der Waals surface area contributed by atoms with Gasteiger partial charge in [-0.15, -0.1) is 0 Å². The number of carbonyl (C=O) groups is 1. The summed E-state index contributed by atoms with van der Waals surface area (Å²) in [6, 6.07) is -0.369. The monoisotopic (exact) mass is 266 g/mol. The molecule has 0 radical (unpaired) electrons. The van der Waals surface area contributed by atoms with Crippen LogP contribution < -0.4 is 10.1 Å². The molecule has 1 saturated heterocycles. The van der Waals surface area contributed by atoms with Crippen LogP contribution in [0.15, 0.2) is 12.4 Å². The molecule has 1 fully saturated rings. The van der Waals surface area contributed by atoms with Crippen LogP contribution in [0.2, 0.25) is 0 Å². The van der Waals surface area contributed by atoms with Gasteiger partial charge in [0.25, 0.3) is 0 Å². The second kappa shape index (κ2) is 6.33. The van der Waals surface area contributed by atoms with Crippen molar-refractivity contribution in [2.45, 2.75) is 13.0 Å². The highest BCUT2D eigenvalue weighted by molar-refractivity contribution is 5.83. The molecule has 0 aromatic carbocycles. The van der Waals surface area contributed by atoms with Gasteiger partial charge >= 0.3 is 0 Å². The quantitative estimate of drug-likeness (QED) is 0.835. The molecular weight excluding hydrogens is 248 g/mol. The standard InChI is InChI=1S/C12H18N4O3/c1-9(11(17)16-3-5-19-6-4-16)15-12-13-7-10(18-2)8-14-12/h7-9H,3-6H2,1-2H3,(H,13,14,15). The molecule has 1 N–H and O–H groups in total. The highest BCUT2D eigenvalue weighted by Gasteiger charge is 2.22.